The van der Waals surface area contributed by atoms with Gasteiger partial charge in [0.25, 0.3) is 0 Å². The number of rotatable bonds is 3. The van der Waals surface area contributed by atoms with E-state index < -0.39 is 5.41 Å². The standard InChI is InChI=1S/C13H16FN3O/c1-8(15)11-16-12(17-18-11)13(2,3)9-4-6-10(14)7-5-9/h4-8H,15H2,1-3H3/t8-/m1/s1. The molecule has 18 heavy (non-hydrogen) atoms. The third kappa shape index (κ3) is 2.26. The Bertz CT molecular complexity index is 531. The SMILES string of the molecule is C[C@@H](N)c1nc(C(C)(C)c2ccc(F)cc2)no1. The third-order valence-corrected chi connectivity index (χ3v) is 2.96. The van der Waals surface area contributed by atoms with E-state index in [0.29, 0.717) is 11.7 Å². The van der Waals surface area contributed by atoms with Gasteiger partial charge < -0.3 is 10.3 Å². The summed E-state index contributed by atoms with van der Waals surface area (Å²) in [5, 5.41) is 3.95. The fourth-order valence-corrected chi connectivity index (χ4v) is 1.67. The van der Waals surface area contributed by atoms with Gasteiger partial charge in [0.1, 0.15) is 5.82 Å². The average Bonchev–Trinajstić information content (AvgIpc) is 2.79. The average molecular weight is 249 g/mol. The van der Waals surface area contributed by atoms with Crippen LogP contribution in [0.25, 0.3) is 0 Å². The minimum atomic E-state index is -0.454. The molecule has 1 aromatic carbocycles. The lowest BCUT2D eigenvalue weighted by molar-refractivity contribution is 0.351. The van der Waals surface area contributed by atoms with Crippen molar-refractivity contribution in [3.8, 4) is 0 Å². The van der Waals surface area contributed by atoms with Crippen molar-refractivity contribution in [2.45, 2.75) is 32.2 Å². The zero-order valence-corrected chi connectivity index (χ0v) is 10.6. The van der Waals surface area contributed by atoms with E-state index in [-0.39, 0.29) is 11.9 Å². The summed E-state index contributed by atoms with van der Waals surface area (Å²) in [6.07, 6.45) is 0. The van der Waals surface area contributed by atoms with Crippen molar-refractivity contribution in [2.75, 3.05) is 0 Å². The van der Waals surface area contributed by atoms with Crippen LogP contribution in [-0.2, 0) is 5.41 Å². The molecule has 0 aliphatic carbocycles. The first kappa shape index (κ1) is 12.7. The number of benzene rings is 1. The molecule has 0 amide bonds. The molecule has 2 N–H and O–H groups in total. The van der Waals surface area contributed by atoms with Gasteiger partial charge in [-0.2, -0.15) is 4.98 Å². The second-order valence-electron chi connectivity index (χ2n) is 4.88. The van der Waals surface area contributed by atoms with Crippen LogP contribution in [0.1, 0.15) is 44.1 Å². The highest BCUT2D eigenvalue weighted by atomic mass is 19.1. The Morgan fingerprint density at radius 3 is 2.39 bits per heavy atom. The van der Waals surface area contributed by atoms with Gasteiger partial charge >= 0.3 is 0 Å². The summed E-state index contributed by atoms with van der Waals surface area (Å²) < 4.78 is 18.0. The maximum atomic E-state index is 12.9. The molecule has 0 bridgehead atoms. The largest absolute Gasteiger partial charge is 0.338 e. The van der Waals surface area contributed by atoms with Crippen molar-refractivity contribution in [2.24, 2.45) is 5.73 Å². The lowest BCUT2D eigenvalue weighted by Gasteiger charge is -2.20. The zero-order chi connectivity index (χ0) is 13.3. The molecule has 0 aliphatic heterocycles. The Morgan fingerprint density at radius 2 is 1.89 bits per heavy atom. The number of aromatic nitrogens is 2. The molecule has 2 aromatic rings. The van der Waals surface area contributed by atoms with Gasteiger partial charge in [-0.3, -0.25) is 0 Å². The van der Waals surface area contributed by atoms with Gasteiger partial charge in [-0.1, -0.05) is 17.3 Å². The molecule has 0 spiro atoms. The van der Waals surface area contributed by atoms with Crippen molar-refractivity contribution in [3.63, 3.8) is 0 Å². The first-order chi connectivity index (χ1) is 8.41. The number of nitrogens with zero attached hydrogens (tertiary/aromatic N) is 2. The lowest BCUT2D eigenvalue weighted by Crippen LogP contribution is -2.21. The Morgan fingerprint density at radius 1 is 1.28 bits per heavy atom. The van der Waals surface area contributed by atoms with Gasteiger partial charge in [0, 0.05) is 0 Å². The Labute approximate surface area is 105 Å². The van der Waals surface area contributed by atoms with E-state index in [9.17, 15) is 4.39 Å². The molecule has 0 saturated carbocycles. The second kappa shape index (κ2) is 4.49. The first-order valence-corrected chi connectivity index (χ1v) is 5.77. The predicted octanol–water partition coefficient (Wildman–Crippen LogP) is 2.55. The molecule has 96 valence electrons. The minimum absolute atomic E-state index is 0.265. The van der Waals surface area contributed by atoms with Crippen LogP contribution >= 0.6 is 0 Å². The third-order valence-electron chi connectivity index (χ3n) is 2.96. The highest BCUT2D eigenvalue weighted by molar-refractivity contribution is 5.30. The molecule has 0 unspecified atom stereocenters. The van der Waals surface area contributed by atoms with Crippen LogP contribution in [0.15, 0.2) is 28.8 Å². The maximum Gasteiger partial charge on any atom is 0.243 e. The van der Waals surface area contributed by atoms with Crippen molar-refractivity contribution < 1.29 is 8.91 Å². The highest BCUT2D eigenvalue weighted by Crippen LogP contribution is 2.29. The first-order valence-electron chi connectivity index (χ1n) is 5.77. The van der Waals surface area contributed by atoms with Crippen LogP contribution in [0.3, 0.4) is 0 Å². The van der Waals surface area contributed by atoms with Gasteiger partial charge in [0.2, 0.25) is 5.89 Å². The molecule has 1 heterocycles. The Balaban J connectivity index is 2.37. The maximum absolute atomic E-state index is 12.9. The molecule has 5 heteroatoms. The summed E-state index contributed by atoms with van der Waals surface area (Å²) in [5.41, 5.74) is 6.15. The molecule has 4 nitrogen and oxygen atoms in total. The van der Waals surface area contributed by atoms with Gasteiger partial charge in [-0.25, -0.2) is 4.39 Å². The summed E-state index contributed by atoms with van der Waals surface area (Å²) in [7, 11) is 0. The predicted molar refractivity (Wildman–Crippen MR) is 65.4 cm³/mol. The molecule has 1 aromatic heterocycles. The number of hydrogen-bond donors (Lipinski definition) is 1. The summed E-state index contributed by atoms with van der Waals surface area (Å²) in [5.74, 6) is 0.681. The summed E-state index contributed by atoms with van der Waals surface area (Å²) in [6, 6.07) is 5.98. The quantitative estimate of drug-likeness (QED) is 0.907. The van der Waals surface area contributed by atoms with Gasteiger partial charge in [0.15, 0.2) is 5.82 Å². The van der Waals surface area contributed by atoms with E-state index in [0.717, 1.165) is 5.56 Å². The highest BCUT2D eigenvalue weighted by Gasteiger charge is 2.29. The van der Waals surface area contributed by atoms with Crippen molar-refractivity contribution in [1.82, 2.24) is 10.1 Å². The fourth-order valence-electron chi connectivity index (χ4n) is 1.67. The smallest absolute Gasteiger partial charge is 0.243 e. The monoisotopic (exact) mass is 249 g/mol. The zero-order valence-electron chi connectivity index (χ0n) is 10.6. The number of hydrogen-bond acceptors (Lipinski definition) is 4. The van der Waals surface area contributed by atoms with Crippen LogP contribution < -0.4 is 5.73 Å². The van der Waals surface area contributed by atoms with E-state index in [1.807, 2.05) is 13.8 Å². The molecule has 1 atom stereocenters. The van der Waals surface area contributed by atoms with E-state index in [4.69, 9.17) is 10.3 Å². The van der Waals surface area contributed by atoms with Gasteiger partial charge in [0.05, 0.1) is 11.5 Å². The summed E-state index contributed by atoms with van der Waals surface area (Å²) >= 11 is 0. The van der Waals surface area contributed by atoms with Gasteiger partial charge in [-0.05, 0) is 38.5 Å². The molecule has 2 rings (SSSR count). The molecule has 0 saturated heterocycles. The van der Waals surface area contributed by atoms with Crippen LogP contribution in [-0.4, -0.2) is 10.1 Å². The Hall–Kier alpha value is -1.75. The van der Waals surface area contributed by atoms with E-state index in [2.05, 4.69) is 10.1 Å². The van der Waals surface area contributed by atoms with E-state index >= 15 is 0 Å². The fraction of sp³-hybridized carbons (Fsp3) is 0.385. The van der Waals surface area contributed by atoms with Crippen LogP contribution in [0.5, 0.6) is 0 Å². The minimum Gasteiger partial charge on any atom is -0.338 e. The number of nitrogens with two attached hydrogens (primary N) is 1. The summed E-state index contributed by atoms with van der Waals surface area (Å²) in [4.78, 5) is 4.28. The molecule has 0 aliphatic rings. The van der Waals surface area contributed by atoms with E-state index in [1.165, 1.54) is 12.1 Å². The van der Waals surface area contributed by atoms with E-state index in [1.54, 1.807) is 19.1 Å². The van der Waals surface area contributed by atoms with Crippen molar-refractivity contribution in [1.29, 1.82) is 0 Å². The van der Waals surface area contributed by atoms with Crippen LogP contribution in [0.2, 0.25) is 0 Å². The molecular weight excluding hydrogens is 233 g/mol. The van der Waals surface area contributed by atoms with Gasteiger partial charge in [-0.15, -0.1) is 0 Å². The van der Waals surface area contributed by atoms with Crippen molar-refractivity contribution in [3.05, 3.63) is 47.4 Å². The molecule has 0 radical (unpaired) electrons. The lowest BCUT2D eigenvalue weighted by atomic mass is 9.84. The second-order valence-corrected chi connectivity index (χ2v) is 4.88. The normalized spacial score (nSPS) is 13.6. The topological polar surface area (TPSA) is 64.9 Å². The molecule has 0 fully saturated rings. The van der Waals surface area contributed by atoms with Crippen LogP contribution in [0.4, 0.5) is 4.39 Å². The Kier molecular flexibility index (Phi) is 3.17. The molecular formula is C13H16FN3O. The van der Waals surface area contributed by atoms with Crippen molar-refractivity contribution >= 4 is 0 Å². The number of halogens is 1. The van der Waals surface area contributed by atoms with Crippen LogP contribution in [0, 0.1) is 5.82 Å². The summed E-state index contributed by atoms with van der Waals surface area (Å²) in [6.45, 7) is 5.69.